The molecule has 0 fully saturated rings. The largest absolute Gasteiger partial charge is 0.213 e. The zero-order valence-electron chi connectivity index (χ0n) is 9.35. The number of nitriles is 1. The second kappa shape index (κ2) is 6.01. The maximum absolute atomic E-state index is 11.6. The topological polar surface area (TPSA) is 70.0 Å². The Morgan fingerprint density at radius 2 is 2.00 bits per heavy atom. The standard InChI is InChI=1S/C11H13ClN2O2S/c1-2-7-17(15,16)14-11(8-13)9-3-5-10(12)6-4-9/h3-6,11,14H,2,7H2,1H3. The summed E-state index contributed by atoms with van der Waals surface area (Å²) in [5, 5.41) is 9.51. The lowest BCUT2D eigenvalue weighted by Crippen LogP contribution is -2.29. The number of hydrogen-bond donors (Lipinski definition) is 1. The van der Waals surface area contributed by atoms with Crippen molar-refractivity contribution in [2.75, 3.05) is 5.75 Å². The van der Waals surface area contributed by atoms with Crippen molar-refractivity contribution in [3.8, 4) is 6.07 Å². The van der Waals surface area contributed by atoms with Crippen molar-refractivity contribution >= 4 is 21.6 Å². The molecular formula is C11H13ClN2O2S. The second-order valence-electron chi connectivity index (χ2n) is 3.55. The van der Waals surface area contributed by atoms with Crippen LogP contribution in [-0.4, -0.2) is 14.2 Å². The number of sulfonamides is 1. The average Bonchev–Trinajstić information content (AvgIpc) is 2.27. The van der Waals surface area contributed by atoms with Crippen molar-refractivity contribution in [3.05, 3.63) is 34.9 Å². The van der Waals surface area contributed by atoms with Gasteiger partial charge in [-0.2, -0.15) is 9.98 Å². The fourth-order valence-electron chi connectivity index (χ4n) is 1.33. The van der Waals surface area contributed by atoms with Gasteiger partial charge in [0.15, 0.2) is 0 Å². The molecule has 1 aromatic rings. The van der Waals surface area contributed by atoms with E-state index < -0.39 is 16.1 Å². The van der Waals surface area contributed by atoms with Gasteiger partial charge in [0, 0.05) is 5.02 Å². The van der Waals surface area contributed by atoms with Gasteiger partial charge >= 0.3 is 0 Å². The van der Waals surface area contributed by atoms with Crippen LogP contribution in [-0.2, 0) is 10.0 Å². The van der Waals surface area contributed by atoms with Crippen LogP contribution in [0.5, 0.6) is 0 Å². The molecule has 1 rings (SSSR count). The first-order chi connectivity index (χ1) is 7.98. The summed E-state index contributed by atoms with van der Waals surface area (Å²) < 4.78 is 25.5. The minimum Gasteiger partial charge on any atom is -0.212 e. The van der Waals surface area contributed by atoms with E-state index in [9.17, 15) is 8.42 Å². The molecule has 1 aromatic carbocycles. The molecule has 92 valence electrons. The molecule has 0 aliphatic heterocycles. The summed E-state index contributed by atoms with van der Waals surface area (Å²) in [4.78, 5) is 0. The van der Waals surface area contributed by atoms with Gasteiger partial charge in [-0.1, -0.05) is 30.7 Å². The highest BCUT2D eigenvalue weighted by Gasteiger charge is 2.18. The first-order valence-corrected chi connectivity index (χ1v) is 7.16. The average molecular weight is 273 g/mol. The summed E-state index contributed by atoms with van der Waals surface area (Å²) in [6.45, 7) is 1.77. The molecule has 0 radical (unpaired) electrons. The van der Waals surface area contributed by atoms with Gasteiger partial charge in [0.2, 0.25) is 10.0 Å². The Kier molecular flexibility index (Phi) is 4.94. The molecule has 1 atom stereocenters. The van der Waals surface area contributed by atoms with Crippen molar-refractivity contribution in [2.45, 2.75) is 19.4 Å². The molecule has 0 heterocycles. The van der Waals surface area contributed by atoms with Crippen LogP contribution in [0.2, 0.25) is 5.02 Å². The smallest absolute Gasteiger partial charge is 0.212 e. The summed E-state index contributed by atoms with van der Waals surface area (Å²) in [7, 11) is -3.41. The van der Waals surface area contributed by atoms with E-state index in [-0.39, 0.29) is 5.75 Å². The van der Waals surface area contributed by atoms with Gasteiger partial charge in [-0.05, 0) is 24.1 Å². The predicted molar refractivity (Wildman–Crippen MR) is 67.0 cm³/mol. The van der Waals surface area contributed by atoms with Gasteiger partial charge < -0.3 is 0 Å². The van der Waals surface area contributed by atoms with Crippen LogP contribution < -0.4 is 4.72 Å². The Balaban J connectivity index is 2.87. The zero-order chi connectivity index (χ0) is 12.9. The lowest BCUT2D eigenvalue weighted by atomic mass is 10.1. The molecule has 4 nitrogen and oxygen atoms in total. The van der Waals surface area contributed by atoms with Gasteiger partial charge in [-0.15, -0.1) is 0 Å². The van der Waals surface area contributed by atoms with E-state index in [0.29, 0.717) is 17.0 Å². The van der Waals surface area contributed by atoms with Crippen LogP contribution in [0.1, 0.15) is 24.9 Å². The third kappa shape index (κ3) is 4.35. The molecule has 6 heteroatoms. The van der Waals surface area contributed by atoms with Crippen molar-refractivity contribution in [1.82, 2.24) is 4.72 Å². The molecule has 0 bridgehead atoms. The SMILES string of the molecule is CCCS(=O)(=O)NC(C#N)c1ccc(Cl)cc1. The number of rotatable bonds is 5. The van der Waals surface area contributed by atoms with E-state index in [4.69, 9.17) is 16.9 Å². The van der Waals surface area contributed by atoms with Gasteiger partial charge in [-0.3, -0.25) is 0 Å². The van der Waals surface area contributed by atoms with Crippen molar-refractivity contribution in [3.63, 3.8) is 0 Å². The molecule has 0 saturated carbocycles. The summed E-state index contributed by atoms with van der Waals surface area (Å²) in [5.74, 6) is 0.0127. The highest BCUT2D eigenvalue weighted by Crippen LogP contribution is 2.16. The van der Waals surface area contributed by atoms with Crippen LogP contribution in [0.3, 0.4) is 0 Å². The summed E-state index contributed by atoms with van der Waals surface area (Å²) in [6, 6.07) is 7.55. The van der Waals surface area contributed by atoms with E-state index in [1.54, 1.807) is 31.2 Å². The Labute approximate surface area is 106 Å². The molecule has 0 amide bonds. The Hall–Kier alpha value is -1.09. The minimum atomic E-state index is -3.41. The first kappa shape index (κ1) is 14.0. The van der Waals surface area contributed by atoms with Crippen molar-refractivity contribution in [2.24, 2.45) is 0 Å². The molecule has 0 spiro atoms. The predicted octanol–water partition coefficient (Wildman–Crippen LogP) is 2.23. The Morgan fingerprint density at radius 3 is 2.47 bits per heavy atom. The molecule has 1 N–H and O–H groups in total. The maximum Gasteiger partial charge on any atom is 0.213 e. The number of nitrogens with zero attached hydrogens (tertiary/aromatic N) is 1. The molecule has 1 unspecified atom stereocenters. The van der Waals surface area contributed by atoms with Crippen LogP contribution in [0.4, 0.5) is 0 Å². The van der Waals surface area contributed by atoms with Crippen LogP contribution in [0, 0.1) is 11.3 Å². The van der Waals surface area contributed by atoms with E-state index in [2.05, 4.69) is 4.72 Å². The normalized spacial score (nSPS) is 13.0. The highest BCUT2D eigenvalue weighted by molar-refractivity contribution is 7.89. The molecule has 0 saturated heterocycles. The van der Waals surface area contributed by atoms with Crippen LogP contribution in [0.25, 0.3) is 0 Å². The minimum absolute atomic E-state index is 0.0127. The van der Waals surface area contributed by atoms with E-state index >= 15 is 0 Å². The van der Waals surface area contributed by atoms with E-state index in [1.165, 1.54) is 0 Å². The van der Waals surface area contributed by atoms with Crippen LogP contribution >= 0.6 is 11.6 Å². The zero-order valence-corrected chi connectivity index (χ0v) is 10.9. The molecule has 0 aromatic heterocycles. The molecule has 0 aliphatic rings. The van der Waals surface area contributed by atoms with Crippen molar-refractivity contribution in [1.29, 1.82) is 5.26 Å². The third-order valence-corrected chi connectivity index (χ3v) is 3.90. The number of benzene rings is 1. The third-order valence-electron chi connectivity index (χ3n) is 2.10. The number of hydrogen-bond acceptors (Lipinski definition) is 3. The summed E-state index contributed by atoms with van der Waals surface area (Å²) in [6.07, 6.45) is 0.508. The Morgan fingerprint density at radius 1 is 1.41 bits per heavy atom. The second-order valence-corrected chi connectivity index (χ2v) is 5.86. The highest BCUT2D eigenvalue weighted by atomic mass is 35.5. The number of nitrogens with one attached hydrogen (secondary N) is 1. The molecular weight excluding hydrogens is 260 g/mol. The van der Waals surface area contributed by atoms with Crippen LogP contribution in [0.15, 0.2) is 24.3 Å². The van der Waals surface area contributed by atoms with Gasteiger partial charge in [0.25, 0.3) is 0 Å². The van der Waals surface area contributed by atoms with Gasteiger partial charge in [-0.25, -0.2) is 8.42 Å². The fourth-order valence-corrected chi connectivity index (χ4v) is 2.66. The first-order valence-electron chi connectivity index (χ1n) is 5.13. The number of halogens is 1. The van der Waals surface area contributed by atoms with Crippen molar-refractivity contribution < 1.29 is 8.42 Å². The summed E-state index contributed by atoms with van der Waals surface area (Å²) >= 11 is 5.72. The summed E-state index contributed by atoms with van der Waals surface area (Å²) in [5.41, 5.74) is 0.580. The lowest BCUT2D eigenvalue weighted by molar-refractivity contribution is 0.574. The fraction of sp³-hybridized carbons (Fsp3) is 0.364. The van der Waals surface area contributed by atoms with E-state index in [0.717, 1.165) is 0 Å². The van der Waals surface area contributed by atoms with E-state index in [1.807, 2.05) is 6.07 Å². The molecule has 17 heavy (non-hydrogen) atoms. The maximum atomic E-state index is 11.6. The lowest BCUT2D eigenvalue weighted by Gasteiger charge is -2.11. The monoisotopic (exact) mass is 272 g/mol. The van der Waals surface area contributed by atoms with Gasteiger partial charge in [0.1, 0.15) is 6.04 Å². The van der Waals surface area contributed by atoms with Gasteiger partial charge in [0.05, 0.1) is 11.8 Å². The molecule has 0 aliphatic carbocycles. The Bertz CT molecular complexity index is 505. The quantitative estimate of drug-likeness (QED) is 0.894.